The van der Waals surface area contributed by atoms with Crippen LogP contribution in [0.2, 0.25) is 0 Å². The van der Waals surface area contributed by atoms with E-state index in [0.717, 1.165) is 35.2 Å². The average Bonchev–Trinajstić information content (AvgIpc) is 3.86. The lowest BCUT2D eigenvalue weighted by atomic mass is 9.98. The maximum absolute atomic E-state index is 14.2. The van der Waals surface area contributed by atoms with E-state index >= 15 is 0 Å². The molecule has 2 N–H and O–H groups in total. The van der Waals surface area contributed by atoms with E-state index in [9.17, 15) is 19.5 Å². The minimum absolute atomic E-state index is 0.0604. The Morgan fingerprint density at radius 1 is 1.02 bits per heavy atom. The molecule has 3 fully saturated rings. The molecule has 1 saturated carbocycles. The zero-order valence-corrected chi connectivity index (χ0v) is 24.0. The first kappa shape index (κ1) is 28.4. The number of aromatic hydroxyl groups is 1. The molecule has 2 aromatic carbocycles. The highest BCUT2D eigenvalue weighted by Crippen LogP contribution is 2.41. The highest BCUT2D eigenvalue weighted by atomic mass is 16.3. The first-order valence-electron chi connectivity index (χ1n) is 14.7. The molecule has 1 aromatic heterocycles. The van der Waals surface area contributed by atoms with Crippen molar-refractivity contribution in [1.29, 1.82) is 0 Å². The Kier molecular flexibility index (Phi) is 8.11. The van der Waals surface area contributed by atoms with Crippen molar-refractivity contribution in [3.63, 3.8) is 0 Å². The Hall–Kier alpha value is -4.70. The number of carbonyl (C=O) groups excluding carboxylic acids is 3. The van der Waals surface area contributed by atoms with Crippen molar-refractivity contribution in [3.05, 3.63) is 108 Å². The van der Waals surface area contributed by atoms with Gasteiger partial charge in [0.05, 0.1) is 13.1 Å². The van der Waals surface area contributed by atoms with Gasteiger partial charge in [-0.1, -0.05) is 54.6 Å². The zero-order chi connectivity index (χ0) is 29.9. The number of urea groups is 1. The van der Waals surface area contributed by atoms with Crippen LogP contribution in [-0.4, -0.2) is 79.6 Å². The van der Waals surface area contributed by atoms with Crippen LogP contribution in [0.1, 0.15) is 41.1 Å². The van der Waals surface area contributed by atoms with Gasteiger partial charge in [0, 0.05) is 43.9 Å². The van der Waals surface area contributed by atoms with Crippen LogP contribution in [-0.2, 0) is 29.1 Å². The van der Waals surface area contributed by atoms with Crippen LogP contribution in [0.4, 0.5) is 4.79 Å². The van der Waals surface area contributed by atoms with Crippen molar-refractivity contribution in [2.75, 3.05) is 19.6 Å². The zero-order valence-electron chi connectivity index (χ0n) is 24.0. The van der Waals surface area contributed by atoms with Crippen molar-refractivity contribution in [2.24, 2.45) is 0 Å². The number of aromatic nitrogens is 1. The lowest BCUT2D eigenvalue weighted by Crippen LogP contribution is -2.76. The van der Waals surface area contributed by atoms with Gasteiger partial charge >= 0.3 is 6.03 Å². The fourth-order valence-corrected chi connectivity index (χ4v) is 6.07. The first-order chi connectivity index (χ1) is 20.9. The van der Waals surface area contributed by atoms with Gasteiger partial charge in [-0.3, -0.25) is 14.6 Å². The second-order valence-electron chi connectivity index (χ2n) is 11.3. The van der Waals surface area contributed by atoms with E-state index in [1.54, 1.807) is 56.4 Å². The van der Waals surface area contributed by atoms with Crippen LogP contribution in [0, 0.1) is 0 Å². The van der Waals surface area contributed by atoms with Crippen molar-refractivity contribution in [3.8, 4) is 5.75 Å². The summed E-state index contributed by atoms with van der Waals surface area (Å²) in [6.07, 6.45) is 5.14. The van der Waals surface area contributed by atoms with Crippen LogP contribution in [0.15, 0.2) is 85.6 Å². The lowest BCUT2D eigenvalue weighted by molar-refractivity contribution is -0.189. The third-order valence-electron chi connectivity index (χ3n) is 8.28. The van der Waals surface area contributed by atoms with Crippen LogP contribution in [0.3, 0.4) is 0 Å². The number of amides is 4. The van der Waals surface area contributed by atoms with Gasteiger partial charge in [-0.2, -0.15) is 0 Å². The molecule has 10 nitrogen and oxygen atoms in total. The van der Waals surface area contributed by atoms with Crippen LogP contribution in [0.25, 0.3) is 0 Å². The van der Waals surface area contributed by atoms with Crippen molar-refractivity contribution in [1.82, 2.24) is 30.1 Å². The largest absolute Gasteiger partial charge is 0.508 e. The summed E-state index contributed by atoms with van der Waals surface area (Å²) >= 11 is 0. The van der Waals surface area contributed by atoms with Gasteiger partial charge in [-0.15, -0.1) is 6.58 Å². The van der Waals surface area contributed by atoms with E-state index in [-0.39, 0.29) is 43.1 Å². The summed E-state index contributed by atoms with van der Waals surface area (Å²) < 4.78 is 0. The van der Waals surface area contributed by atoms with Gasteiger partial charge in [0.15, 0.2) is 0 Å². The Morgan fingerprint density at radius 2 is 1.79 bits per heavy atom. The summed E-state index contributed by atoms with van der Waals surface area (Å²) in [5, 5.41) is 16.1. The van der Waals surface area contributed by atoms with Crippen molar-refractivity contribution >= 4 is 17.8 Å². The summed E-state index contributed by atoms with van der Waals surface area (Å²) in [5.74, 6) is 0.124. The number of hydrogen-bond acceptors (Lipinski definition) is 6. The molecule has 1 aliphatic carbocycles. The van der Waals surface area contributed by atoms with E-state index in [4.69, 9.17) is 0 Å². The van der Waals surface area contributed by atoms with Gasteiger partial charge in [0.25, 0.3) is 0 Å². The van der Waals surface area contributed by atoms with E-state index in [2.05, 4.69) is 16.9 Å². The second kappa shape index (κ2) is 12.3. The molecular weight excluding hydrogens is 544 g/mol. The molecule has 2 atom stereocenters. The number of pyridine rings is 1. The minimum Gasteiger partial charge on any atom is -0.508 e. The molecule has 3 aliphatic rings. The Morgan fingerprint density at radius 3 is 2.51 bits per heavy atom. The third kappa shape index (κ3) is 6.10. The number of benzene rings is 2. The molecule has 0 radical (unpaired) electrons. The highest BCUT2D eigenvalue weighted by Gasteiger charge is 2.51. The number of nitrogens with one attached hydrogen (secondary N) is 1. The fourth-order valence-electron chi connectivity index (χ4n) is 6.07. The van der Waals surface area contributed by atoms with Gasteiger partial charge < -0.3 is 20.2 Å². The Labute approximate surface area is 251 Å². The molecular formula is C33H36N6O4. The predicted octanol–water partition coefficient (Wildman–Crippen LogP) is 3.40. The van der Waals surface area contributed by atoms with Crippen LogP contribution in [0.5, 0.6) is 5.75 Å². The van der Waals surface area contributed by atoms with E-state index in [1.165, 1.54) is 0 Å². The third-order valence-corrected chi connectivity index (χ3v) is 8.28. The number of phenolic OH excluding ortho intramolecular Hbond substituents is 1. The summed E-state index contributed by atoms with van der Waals surface area (Å²) in [7, 11) is 0. The van der Waals surface area contributed by atoms with Gasteiger partial charge in [-0.25, -0.2) is 14.8 Å². The average molecular weight is 581 g/mol. The Balaban J connectivity index is 1.35. The molecule has 2 saturated heterocycles. The quantitative estimate of drug-likeness (QED) is 0.376. The van der Waals surface area contributed by atoms with E-state index in [1.807, 2.05) is 42.5 Å². The Bertz CT molecular complexity index is 1490. The number of fused-ring (bicyclic) bond motifs is 1. The van der Waals surface area contributed by atoms with Gasteiger partial charge in [-0.05, 0) is 47.7 Å². The summed E-state index contributed by atoms with van der Waals surface area (Å²) in [6, 6.07) is 19.0. The summed E-state index contributed by atoms with van der Waals surface area (Å²) in [5.41, 5.74) is 3.75. The number of hydrogen-bond donors (Lipinski definition) is 2. The topological polar surface area (TPSA) is 109 Å². The molecule has 222 valence electrons. The SMILES string of the molecule is C=CCN1CC(=O)N2[C@@H](Cc3ccc(O)cc3)C(=O)N(Cc3cccnc3C3CC3)C[C@@H]2N1C(=O)NCc1ccccc1. The number of rotatable bonds is 9. The molecule has 2 aliphatic heterocycles. The molecule has 3 heterocycles. The molecule has 0 unspecified atom stereocenters. The molecule has 3 aromatic rings. The molecule has 0 bridgehead atoms. The summed E-state index contributed by atoms with van der Waals surface area (Å²) in [4.78, 5) is 49.8. The summed E-state index contributed by atoms with van der Waals surface area (Å²) in [6.45, 7) is 4.89. The maximum Gasteiger partial charge on any atom is 0.334 e. The lowest BCUT2D eigenvalue weighted by Gasteiger charge is -2.55. The maximum atomic E-state index is 14.2. The van der Waals surface area contributed by atoms with Crippen LogP contribution < -0.4 is 5.32 Å². The van der Waals surface area contributed by atoms with E-state index in [0.29, 0.717) is 25.6 Å². The monoisotopic (exact) mass is 580 g/mol. The molecule has 43 heavy (non-hydrogen) atoms. The number of hydrazine groups is 1. The first-order valence-corrected chi connectivity index (χ1v) is 14.7. The molecule has 6 rings (SSSR count). The van der Waals surface area contributed by atoms with Gasteiger partial charge in [0.1, 0.15) is 18.0 Å². The fraction of sp³-hybridized carbons (Fsp3) is 0.333. The predicted molar refractivity (Wildman–Crippen MR) is 160 cm³/mol. The normalized spacial score (nSPS) is 20.6. The van der Waals surface area contributed by atoms with Crippen molar-refractivity contribution in [2.45, 2.75) is 50.5 Å². The minimum atomic E-state index is -0.827. The van der Waals surface area contributed by atoms with Crippen LogP contribution >= 0.6 is 0 Å². The number of phenols is 1. The molecule has 10 heteroatoms. The number of carbonyl (C=O) groups is 3. The molecule has 0 spiro atoms. The van der Waals surface area contributed by atoms with Gasteiger partial charge in [0.2, 0.25) is 11.8 Å². The number of piperazine rings is 1. The smallest absolute Gasteiger partial charge is 0.334 e. The second-order valence-corrected chi connectivity index (χ2v) is 11.3. The highest BCUT2D eigenvalue weighted by molar-refractivity contribution is 5.91. The number of nitrogens with zero attached hydrogens (tertiary/aromatic N) is 5. The standard InChI is InChI=1S/C33H36N6O4/c1-2-17-37-22-30(41)38-28(18-23-10-14-27(40)15-11-23)32(42)36(20-26-9-6-16-34-31(26)25-12-13-25)21-29(38)39(37)33(43)35-19-24-7-4-3-5-8-24/h2-11,14-16,25,28-29,40H,1,12-13,17-22H2,(H,35,43)/t28-,29-/m0/s1. The molecule has 4 amide bonds. The van der Waals surface area contributed by atoms with Crippen molar-refractivity contribution < 1.29 is 19.5 Å². The van der Waals surface area contributed by atoms with E-state index < -0.39 is 12.2 Å².